The number of imidazole rings is 1. The SMILES string of the molecule is Cc1ccc(N2CC(c3nc4ccccc4n3CC(=O)OC(C)C)CC2=O)cc1C. The molecular weight excluding hydrogens is 378 g/mol. The normalized spacial score (nSPS) is 16.6. The number of carbonyl (C=O) groups is 2. The maximum atomic E-state index is 12.8. The summed E-state index contributed by atoms with van der Waals surface area (Å²) < 4.78 is 7.27. The Bertz CT molecular complexity index is 1120. The number of aromatic nitrogens is 2. The summed E-state index contributed by atoms with van der Waals surface area (Å²) >= 11 is 0. The quantitative estimate of drug-likeness (QED) is 0.599. The summed E-state index contributed by atoms with van der Waals surface area (Å²) in [7, 11) is 0. The molecule has 4 rings (SSSR count). The topological polar surface area (TPSA) is 64.4 Å². The second-order valence-electron chi connectivity index (χ2n) is 8.26. The molecule has 6 nitrogen and oxygen atoms in total. The van der Waals surface area contributed by atoms with Crippen LogP contribution in [-0.4, -0.2) is 34.1 Å². The molecule has 156 valence electrons. The average Bonchev–Trinajstić information content (AvgIpc) is 3.24. The van der Waals surface area contributed by atoms with E-state index < -0.39 is 0 Å². The van der Waals surface area contributed by atoms with E-state index in [0.717, 1.165) is 28.1 Å². The van der Waals surface area contributed by atoms with Gasteiger partial charge in [-0.15, -0.1) is 0 Å². The maximum absolute atomic E-state index is 12.8. The van der Waals surface area contributed by atoms with E-state index >= 15 is 0 Å². The third kappa shape index (κ3) is 3.82. The molecule has 1 fully saturated rings. The van der Waals surface area contributed by atoms with Crippen molar-refractivity contribution in [1.82, 2.24) is 9.55 Å². The Morgan fingerprint density at radius 1 is 1.17 bits per heavy atom. The third-order valence-electron chi connectivity index (χ3n) is 5.63. The van der Waals surface area contributed by atoms with E-state index in [2.05, 4.69) is 19.9 Å². The van der Waals surface area contributed by atoms with Crippen molar-refractivity contribution in [1.29, 1.82) is 0 Å². The number of anilines is 1. The van der Waals surface area contributed by atoms with Gasteiger partial charge in [-0.1, -0.05) is 18.2 Å². The Morgan fingerprint density at radius 2 is 1.93 bits per heavy atom. The van der Waals surface area contributed by atoms with Crippen molar-refractivity contribution in [3.63, 3.8) is 0 Å². The molecule has 2 aromatic carbocycles. The van der Waals surface area contributed by atoms with Gasteiger partial charge in [0.15, 0.2) is 0 Å². The van der Waals surface area contributed by atoms with Crippen molar-refractivity contribution >= 4 is 28.6 Å². The zero-order chi connectivity index (χ0) is 21.4. The second-order valence-corrected chi connectivity index (χ2v) is 8.26. The molecule has 2 heterocycles. The first kappa shape index (κ1) is 20.1. The molecule has 3 aromatic rings. The van der Waals surface area contributed by atoms with Gasteiger partial charge in [0.1, 0.15) is 12.4 Å². The van der Waals surface area contributed by atoms with Crippen LogP contribution in [0.3, 0.4) is 0 Å². The fourth-order valence-electron chi connectivity index (χ4n) is 4.02. The lowest BCUT2D eigenvalue weighted by Crippen LogP contribution is -2.25. The number of fused-ring (bicyclic) bond motifs is 1. The maximum Gasteiger partial charge on any atom is 0.326 e. The number of hydrogen-bond acceptors (Lipinski definition) is 4. The van der Waals surface area contributed by atoms with Crippen LogP contribution in [0.2, 0.25) is 0 Å². The summed E-state index contributed by atoms with van der Waals surface area (Å²) in [5.41, 5.74) is 4.97. The molecule has 1 atom stereocenters. The first-order valence-electron chi connectivity index (χ1n) is 10.4. The van der Waals surface area contributed by atoms with Crippen LogP contribution in [0.5, 0.6) is 0 Å². The molecule has 1 aromatic heterocycles. The molecular formula is C24H27N3O3. The molecule has 0 N–H and O–H groups in total. The summed E-state index contributed by atoms with van der Waals surface area (Å²) in [6.07, 6.45) is 0.194. The van der Waals surface area contributed by atoms with Gasteiger partial charge in [-0.2, -0.15) is 0 Å². The summed E-state index contributed by atoms with van der Waals surface area (Å²) in [6.45, 7) is 8.42. The minimum Gasteiger partial charge on any atom is -0.462 e. The minimum atomic E-state index is -0.301. The van der Waals surface area contributed by atoms with Gasteiger partial charge in [0.25, 0.3) is 0 Å². The number of benzene rings is 2. The molecule has 0 aliphatic carbocycles. The number of esters is 1. The molecule has 0 radical (unpaired) electrons. The molecule has 1 amide bonds. The van der Waals surface area contributed by atoms with Gasteiger partial charge in [-0.3, -0.25) is 9.59 Å². The predicted molar refractivity (Wildman–Crippen MR) is 117 cm³/mol. The van der Waals surface area contributed by atoms with Crippen molar-refractivity contribution < 1.29 is 14.3 Å². The predicted octanol–water partition coefficient (Wildman–Crippen LogP) is 4.13. The van der Waals surface area contributed by atoms with Gasteiger partial charge in [0.2, 0.25) is 5.91 Å². The molecule has 1 saturated heterocycles. The highest BCUT2D eigenvalue weighted by atomic mass is 16.5. The molecule has 1 unspecified atom stereocenters. The van der Waals surface area contributed by atoms with E-state index in [1.54, 1.807) is 0 Å². The number of nitrogens with zero attached hydrogens (tertiary/aromatic N) is 3. The lowest BCUT2D eigenvalue weighted by atomic mass is 10.1. The fourth-order valence-corrected chi connectivity index (χ4v) is 4.02. The van der Waals surface area contributed by atoms with Crippen LogP contribution in [0, 0.1) is 13.8 Å². The number of hydrogen-bond donors (Lipinski definition) is 0. The number of aryl methyl sites for hydroxylation is 2. The molecule has 0 saturated carbocycles. The van der Waals surface area contributed by atoms with Crippen LogP contribution in [0.1, 0.15) is 43.1 Å². The van der Waals surface area contributed by atoms with Gasteiger partial charge < -0.3 is 14.2 Å². The summed E-state index contributed by atoms with van der Waals surface area (Å²) in [6, 6.07) is 13.8. The minimum absolute atomic E-state index is 0.0756. The average molecular weight is 405 g/mol. The molecule has 0 spiro atoms. The van der Waals surface area contributed by atoms with Gasteiger partial charge >= 0.3 is 5.97 Å². The standard InChI is InChI=1S/C24H27N3O3/c1-15(2)30-23(29)14-27-21-8-6-5-7-20(21)25-24(27)18-12-22(28)26(13-18)19-10-9-16(3)17(4)11-19/h5-11,15,18H,12-14H2,1-4H3. The van der Waals surface area contributed by atoms with E-state index in [-0.39, 0.29) is 30.4 Å². The first-order valence-corrected chi connectivity index (χ1v) is 10.4. The smallest absolute Gasteiger partial charge is 0.326 e. The number of amides is 1. The molecule has 0 bridgehead atoms. The highest BCUT2D eigenvalue weighted by Crippen LogP contribution is 2.33. The van der Waals surface area contributed by atoms with Gasteiger partial charge in [0.05, 0.1) is 17.1 Å². The van der Waals surface area contributed by atoms with E-state index in [4.69, 9.17) is 9.72 Å². The lowest BCUT2D eigenvalue weighted by Gasteiger charge is -2.18. The van der Waals surface area contributed by atoms with Crippen LogP contribution in [0.15, 0.2) is 42.5 Å². The zero-order valence-electron chi connectivity index (χ0n) is 17.9. The van der Waals surface area contributed by atoms with Gasteiger partial charge in [-0.05, 0) is 63.1 Å². The van der Waals surface area contributed by atoms with Crippen LogP contribution in [0.4, 0.5) is 5.69 Å². The van der Waals surface area contributed by atoms with Crippen LogP contribution >= 0.6 is 0 Å². The van der Waals surface area contributed by atoms with Gasteiger partial charge in [-0.25, -0.2) is 4.98 Å². The molecule has 1 aliphatic heterocycles. The van der Waals surface area contributed by atoms with Gasteiger partial charge in [0, 0.05) is 24.6 Å². The Morgan fingerprint density at radius 3 is 2.67 bits per heavy atom. The highest BCUT2D eigenvalue weighted by Gasteiger charge is 2.35. The first-order chi connectivity index (χ1) is 14.3. The Labute approximate surface area is 176 Å². The zero-order valence-corrected chi connectivity index (χ0v) is 17.9. The largest absolute Gasteiger partial charge is 0.462 e. The number of carbonyl (C=O) groups excluding carboxylic acids is 2. The Hall–Kier alpha value is -3.15. The Balaban J connectivity index is 1.67. The van der Waals surface area contributed by atoms with E-state index in [9.17, 15) is 9.59 Å². The monoisotopic (exact) mass is 405 g/mol. The summed E-state index contributed by atoms with van der Waals surface area (Å²) in [5.74, 6) is 0.450. The highest BCUT2D eigenvalue weighted by molar-refractivity contribution is 5.96. The second kappa shape index (κ2) is 7.94. The van der Waals surface area contributed by atoms with Crippen LogP contribution < -0.4 is 4.90 Å². The summed E-state index contributed by atoms with van der Waals surface area (Å²) in [5, 5.41) is 0. The fraction of sp³-hybridized carbons (Fsp3) is 0.375. The molecule has 6 heteroatoms. The van der Waals surface area contributed by atoms with Crippen LogP contribution in [0.25, 0.3) is 11.0 Å². The third-order valence-corrected chi connectivity index (χ3v) is 5.63. The molecule has 30 heavy (non-hydrogen) atoms. The number of ether oxygens (including phenoxy) is 1. The Kier molecular flexibility index (Phi) is 5.33. The van der Waals surface area contributed by atoms with Crippen molar-refractivity contribution in [2.24, 2.45) is 0 Å². The van der Waals surface area contributed by atoms with Crippen molar-refractivity contribution in [2.75, 3.05) is 11.4 Å². The lowest BCUT2D eigenvalue weighted by molar-refractivity contribution is -0.148. The van der Waals surface area contributed by atoms with Crippen molar-refractivity contribution in [3.8, 4) is 0 Å². The van der Waals surface area contributed by atoms with Crippen molar-refractivity contribution in [2.45, 2.75) is 52.7 Å². The summed E-state index contributed by atoms with van der Waals surface area (Å²) in [4.78, 5) is 31.9. The molecule has 1 aliphatic rings. The van der Waals surface area contributed by atoms with Crippen molar-refractivity contribution in [3.05, 3.63) is 59.4 Å². The van der Waals surface area contributed by atoms with E-state index in [1.807, 2.05) is 59.7 Å². The van der Waals surface area contributed by atoms with E-state index in [0.29, 0.717) is 13.0 Å². The number of para-hydroxylation sites is 2. The van der Waals surface area contributed by atoms with E-state index in [1.165, 1.54) is 5.56 Å². The number of rotatable bonds is 5. The van der Waals surface area contributed by atoms with Crippen LogP contribution in [-0.2, 0) is 20.9 Å².